The van der Waals surface area contributed by atoms with Crippen molar-refractivity contribution in [2.75, 3.05) is 6.54 Å². The lowest BCUT2D eigenvalue weighted by Crippen LogP contribution is -2.03. The summed E-state index contributed by atoms with van der Waals surface area (Å²) in [5.41, 5.74) is 2.78. The number of nitrogens with one attached hydrogen (secondary N) is 1. The molecule has 3 heterocycles. The predicted octanol–water partition coefficient (Wildman–Crippen LogP) is 1.10. The molecule has 0 spiro atoms. The van der Waals surface area contributed by atoms with E-state index in [1.165, 1.54) is 6.07 Å². The third kappa shape index (κ3) is 1.22. The SMILES string of the molecule is O=c1cc[nH]n2cc(C3=CCN=C3)cc12. The van der Waals surface area contributed by atoms with Gasteiger partial charge in [0.1, 0.15) is 5.52 Å². The summed E-state index contributed by atoms with van der Waals surface area (Å²) in [6, 6.07) is 3.40. The van der Waals surface area contributed by atoms with Crippen LogP contribution in [0.25, 0.3) is 11.1 Å². The fourth-order valence-electron chi connectivity index (χ4n) is 1.74. The molecular weight excluding hydrogens is 190 g/mol. The predicted molar refractivity (Wildman–Crippen MR) is 59.4 cm³/mol. The average Bonchev–Trinajstić information content (AvgIpc) is 2.86. The minimum absolute atomic E-state index is 0.0236. The molecule has 0 saturated heterocycles. The monoisotopic (exact) mass is 199 g/mol. The topological polar surface area (TPSA) is 49.6 Å². The van der Waals surface area contributed by atoms with Crippen LogP contribution in [0.1, 0.15) is 5.56 Å². The second-order valence-corrected chi connectivity index (χ2v) is 3.46. The molecule has 0 radical (unpaired) electrons. The van der Waals surface area contributed by atoms with Crippen LogP contribution in [0, 0.1) is 0 Å². The van der Waals surface area contributed by atoms with E-state index in [4.69, 9.17) is 0 Å². The normalized spacial score (nSPS) is 14.8. The summed E-state index contributed by atoms with van der Waals surface area (Å²) in [5, 5.41) is 2.98. The Hall–Kier alpha value is -2.10. The zero-order chi connectivity index (χ0) is 10.3. The van der Waals surface area contributed by atoms with E-state index >= 15 is 0 Å². The van der Waals surface area contributed by atoms with E-state index in [2.05, 4.69) is 10.1 Å². The molecule has 15 heavy (non-hydrogen) atoms. The lowest BCUT2D eigenvalue weighted by atomic mass is 10.1. The number of hydrogen-bond acceptors (Lipinski definition) is 2. The highest BCUT2D eigenvalue weighted by molar-refractivity contribution is 6.11. The molecule has 0 saturated carbocycles. The molecule has 4 nitrogen and oxygen atoms in total. The van der Waals surface area contributed by atoms with E-state index in [0.717, 1.165) is 17.7 Å². The summed E-state index contributed by atoms with van der Waals surface area (Å²) in [6.07, 6.45) is 7.41. The second-order valence-electron chi connectivity index (χ2n) is 3.46. The average molecular weight is 199 g/mol. The van der Waals surface area contributed by atoms with E-state index in [1.807, 2.05) is 24.6 Å². The van der Waals surface area contributed by atoms with Crippen molar-refractivity contribution in [1.82, 2.24) is 9.61 Å². The van der Waals surface area contributed by atoms with Gasteiger partial charge >= 0.3 is 0 Å². The van der Waals surface area contributed by atoms with Gasteiger partial charge in [0.15, 0.2) is 0 Å². The van der Waals surface area contributed by atoms with Gasteiger partial charge in [-0.05, 0) is 11.6 Å². The number of aromatic amines is 1. The van der Waals surface area contributed by atoms with Crippen LogP contribution in [0.15, 0.2) is 40.4 Å². The van der Waals surface area contributed by atoms with Gasteiger partial charge in [-0.3, -0.25) is 14.3 Å². The first-order valence-corrected chi connectivity index (χ1v) is 4.75. The Morgan fingerprint density at radius 3 is 3.13 bits per heavy atom. The fourth-order valence-corrected chi connectivity index (χ4v) is 1.74. The third-order valence-corrected chi connectivity index (χ3v) is 2.50. The Morgan fingerprint density at radius 1 is 1.47 bits per heavy atom. The number of rotatable bonds is 1. The Morgan fingerprint density at radius 2 is 2.40 bits per heavy atom. The number of fused-ring (bicyclic) bond motifs is 1. The summed E-state index contributed by atoms with van der Waals surface area (Å²) in [6.45, 7) is 0.732. The van der Waals surface area contributed by atoms with E-state index < -0.39 is 0 Å². The van der Waals surface area contributed by atoms with E-state index in [-0.39, 0.29) is 5.43 Å². The molecule has 0 fully saturated rings. The number of allylic oxidation sites excluding steroid dienone is 1. The number of H-pyrrole nitrogens is 1. The van der Waals surface area contributed by atoms with E-state index in [0.29, 0.717) is 5.52 Å². The molecule has 2 aromatic heterocycles. The number of nitrogens with zero attached hydrogens (tertiary/aromatic N) is 2. The second kappa shape index (κ2) is 2.95. The van der Waals surface area contributed by atoms with Gasteiger partial charge in [-0.1, -0.05) is 6.08 Å². The van der Waals surface area contributed by atoms with Crippen molar-refractivity contribution in [3.63, 3.8) is 0 Å². The van der Waals surface area contributed by atoms with Crippen LogP contribution in [0.4, 0.5) is 0 Å². The number of hydrogen-bond donors (Lipinski definition) is 1. The maximum atomic E-state index is 11.5. The molecule has 3 rings (SSSR count). The van der Waals surface area contributed by atoms with Crippen molar-refractivity contribution >= 4 is 17.3 Å². The largest absolute Gasteiger partial charge is 0.301 e. The molecule has 0 aromatic carbocycles. The van der Waals surface area contributed by atoms with Crippen LogP contribution in [0.5, 0.6) is 0 Å². The lowest BCUT2D eigenvalue weighted by molar-refractivity contribution is 0.934. The molecular formula is C11H9N3O. The van der Waals surface area contributed by atoms with Crippen molar-refractivity contribution in [3.8, 4) is 0 Å². The summed E-state index contributed by atoms with van der Waals surface area (Å²) in [5.74, 6) is 0. The molecule has 0 aliphatic carbocycles. The van der Waals surface area contributed by atoms with Crippen LogP contribution in [0.3, 0.4) is 0 Å². The van der Waals surface area contributed by atoms with Gasteiger partial charge in [-0.25, -0.2) is 0 Å². The van der Waals surface area contributed by atoms with Crippen LogP contribution in [0.2, 0.25) is 0 Å². The zero-order valence-electron chi connectivity index (χ0n) is 7.97. The minimum Gasteiger partial charge on any atom is -0.301 e. The molecule has 2 aromatic rings. The molecule has 74 valence electrons. The first-order chi connectivity index (χ1) is 7.34. The zero-order valence-corrected chi connectivity index (χ0v) is 7.97. The Kier molecular flexibility index (Phi) is 1.62. The smallest absolute Gasteiger partial charge is 0.205 e. The minimum atomic E-state index is 0.0236. The van der Waals surface area contributed by atoms with Crippen LogP contribution in [-0.4, -0.2) is 22.4 Å². The highest BCUT2D eigenvalue weighted by Gasteiger charge is 2.07. The first-order valence-electron chi connectivity index (χ1n) is 4.75. The summed E-state index contributed by atoms with van der Waals surface area (Å²) in [7, 11) is 0. The van der Waals surface area contributed by atoms with E-state index in [9.17, 15) is 4.79 Å². The molecule has 0 unspecified atom stereocenters. The Balaban J connectivity index is 2.27. The third-order valence-electron chi connectivity index (χ3n) is 2.50. The van der Waals surface area contributed by atoms with Gasteiger partial charge in [0.2, 0.25) is 5.43 Å². The molecule has 0 amide bonds. The van der Waals surface area contributed by atoms with Gasteiger partial charge in [-0.15, -0.1) is 0 Å². The van der Waals surface area contributed by atoms with Crippen molar-refractivity contribution in [2.45, 2.75) is 0 Å². The first kappa shape index (κ1) is 8.23. The highest BCUT2D eigenvalue weighted by atomic mass is 16.1. The van der Waals surface area contributed by atoms with E-state index in [1.54, 1.807) is 10.7 Å². The maximum absolute atomic E-state index is 11.5. The molecule has 1 aliphatic rings. The molecule has 1 aliphatic heterocycles. The van der Waals surface area contributed by atoms with Crippen LogP contribution < -0.4 is 5.43 Å². The molecule has 0 atom stereocenters. The van der Waals surface area contributed by atoms with Gasteiger partial charge in [0.25, 0.3) is 0 Å². The quantitative estimate of drug-likeness (QED) is 0.734. The lowest BCUT2D eigenvalue weighted by Gasteiger charge is -1.91. The Bertz CT molecular complexity index is 631. The summed E-state index contributed by atoms with van der Waals surface area (Å²) in [4.78, 5) is 15.6. The number of aromatic nitrogens is 2. The van der Waals surface area contributed by atoms with Gasteiger partial charge < -0.3 is 5.10 Å². The molecule has 4 heteroatoms. The molecule has 1 N–H and O–H groups in total. The fraction of sp³-hybridized carbons (Fsp3) is 0.0909. The van der Waals surface area contributed by atoms with Crippen LogP contribution >= 0.6 is 0 Å². The Labute approximate surface area is 85.6 Å². The van der Waals surface area contributed by atoms with Crippen molar-refractivity contribution < 1.29 is 0 Å². The highest BCUT2D eigenvalue weighted by Crippen LogP contribution is 2.17. The maximum Gasteiger partial charge on any atom is 0.205 e. The summed E-state index contributed by atoms with van der Waals surface area (Å²) >= 11 is 0. The van der Waals surface area contributed by atoms with Crippen molar-refractivity contribution in [1.29, 1.82) is 0 Å². The van der Waals surface area contributed by atoms with Gasteiger partial charge in [0.05, 0.1) is 6.54 Å². The standard InChI is InChI=1S/C11H9N3O/c15-11-2-4-13-14-7-9(5-10(11)14)8-1-3-12-6-8/h1-2,4-7,13H,3H2. The van der Waals surface area contributed by atoms with Gasteiger partial charge in [-0.2, -0.15) is 0 Å². The summed E-state index contributed by atoms with van der Waals surface area (Å²) < 4.78 is 1.73. The van der Waals surface area contributed by atoms with Crippen molar-refractivity contribution in [3.05, 3.63) is 46.4 Å². The molecule has 0 bridgehead atoms. The number of aliphatic imine (C=N–C) groups is 1. The van der Waals surface area contributed by atoms with Crippen molar-refractivity contribution in [2.24, 2.45) is 4.99 Å². The van der Waals surface area contributed by atoms with Gasteiger partial charge in [0, 0.05) is 30.2 Å². The van der Waals surface area contributed by atoms with Crippen LogP contribution in [-0.2, 0) is 0 Å².